The Labute approximate surface area is 93.6 Å². The Morgan fingerprint density at radius 2 is 2.47 bits per heavy atom. The van der Waals surface area contributed by atoms with Crippen LogP contribution in [0, 0.1) is 0 Å². The normalized spacial score (nSPS) is 12.9. The van der Waals surface area contributed by atoms with Crippen molar-refractivity contribution >= 4 is 11.3 Å². The van der Waals surface area contributed by atoms with Crippen molar-refractivity contribution in [2.75, 3.05) is 0 Å². The van der Waals surface area contributed by atoms with Crippen LogP contribution in [0.4, 0.5) is 0 Å². The maximum Gasteiger partial charge on any atom is 0.112 e. The highest BCUT2D eigenvalue weighted by Gasteiger charge is 2.05. The van der Waals surface area contributed by atoms with Gasteiger partial charge in [-0.3, -0.25) is 0 Å². The van der Waals surface area contributed by atoms with E-state index >= 15 is 0 Å². The number of aromatic nitrogens is 2. The second-order valence-corrected chi connectivity index (χ2v) is 4.71. The molecule has 0 aromatic carbocycles. The van der Waals surface area contributed by atoms with Crippen molar-refractivity contribution < 1.29 is 0 Å². The third kappa shape index (κ3) is 2.67. The predicted molar refractivity (Wildman–Crippen MR) is 63.0 cm³/mol. The van der Waals surface area contributed by atoms with Gasteiger partial charge < -0.3 is 10.3 Å². The molecule has 80 valence electrons. The number of rotatable bonds is 4. The summed E-state index contributed by atoms with van der Waals surface area (Å²) in [5.74, 6) is 0. The molecule has 15 heavy (non-hydrogen) atoms. The van der Waals surface area contributed by atoms with Crippen molar-refractivity contribution in [1.82, 2.24) is 9.55 Å². The maximum absolute atomic E-state index is 5.80. The van der Waals surface area contributed by atoms with Crippen molar-refractivity contribution in [2.24, 2.45) is 5.73 Å². The van der Waals surface area contributed by atoms with Crippen molar-refractivity contribution in [3.63, 3.8) is 0 Å². The molecular weight excluding hydrogens is 206 g/mol. The van der Waals surface area contributed by atoms with Gasteiger partial charge in [0.1, 0.15) is 5.01 Å². The first-order valence-corrected chi connectivity index (χ1v) is 5.91. The molecule has 0 radical (unpaired) electrons. The third-order valence-electron chi connectivity index (χ3n) is 2.24. The summed E-state index contributed by atoms with van der Waals surface area (Å²) in [6.07, 6.45) is 4.84. The average Bonchev–Trinajstić information content (AvgIpc) is 2.78. The van der Waals surface area contributed by atoms with Crippen LogP contribution in [0.5, 0.6) is 0 Å². The van der Waals surface area contributed by atoms with Crippen LogP contribution in [0.1, 0.15) is 17.6 Å². The van der Waals surface area contributed by atoms with Gasteiger partial charge in [-0.2, -0.15) is 0 Å². The first kappa shape index (κ1) is 10.4. The average molecular weight is 221 g/mol. The molecule has 1 unspecified atom stereocenters. The van der Waals surface area contributed by atoms with Gasteiger partial charge in [-0.05, 0) is 19.1 Å². The minimum Gasteiger partial charge on any atom is -0.345 e. The second-order valence-electron chi connectivity index (χ2n) is 3.73. The zero-order valence-corrected chi connectivity index (χ0v) is 9.57. The summed E-state index contributed by atoms with van der Waals surface area (Å²) < 4.78 is 2.21. The maximum atomic E-state index is 5.80. The molecule has 0 bridgehead atoms. The lowest BCUT2D eigenvalue weighted by Crippen LogP contribution is -2.20. The van der Waals surface area contributed by atoms with E-state index in [1.807, 2.05) is 18.5 Å². The topological polar surface area (TPSA) is 43.8 Å². The fourth-order valence-corrected chi connectivity index (χ4v) is 2.21. The van der Waals surface area contributed by atoms with Crippen molar-refractivity contribution in [3.05, 3.63) is 40.6 Å². The lowest BCUT2D eigenvalue weighted by Gasteiger charge is -2.09. The van der Waals surface area contributed by atoms with E-state index < -0.39 is 0 Å². The van der Waals surface area contributed by atoms with Crippen molar-refractivity contribution in [2.45, 2.75) is 25.9 Å². The Kier molecular flexibility index (Phi) is 3.18. The predicted octanol–water partition coefficient (Wildman–Crippen LogP) is 1.88. The van der Waals surface area contributed by atoms with Gasteiger partial charge in [-0.15, -0.1) is 11.3 Å². The molecule has 2 aromatic heterocycles. The largest absolute Gasteiger partial charge is 0.345 e. The van der Waals surface area contributed by atoms with Gasteiger partial charge >= 0.3 is 0 Å². The summed E-state index contributed by atoms with van der Waals surface area (Å²) in [6, 6.07) is 4.39. The molecule has 4 heteroatoms. The summed E-state index contributed by atoms with van der Waals surface area (Å²) in [5.41, 5.74) is 7.08. The number of nitrogens with zero attached hydrogens (tertiary/aromatic N) is 2. The smallest absolute Gasteiger partial charge is 0.112 e. The number of thiazole rings is 1. The Morgan fingerprint density at radius 1 is 1.60 bits per heavy atom. The lowest BCUT2D eigenvalue weighted by molar-refractivity contribution is 0.665. The number of nitrogens with two attached hydrogens (primary N) is 1. The number of hydrogen-bond donors (Lipinski definition) is 1. The molecule has 2 N–H and O–H groups in total. The van der Waals surface area contributed by atoms with Crippen molar-refractivity contribution in [3.8, 4) is 0 Å². The van der Waals surface area contributed by atoms with E-state index in [2.05, 4.69) is 27.9 Å². The Balaban J connectivity index is 2.11. The van der Waals surface area contributed by atoms with Gasteiger partial charge in [-0.25, -0.2) is 4.98 Å². The van der Waals surface area contributed by atoms with E-state index in [9.17, 15) is 0 Å². The van der Waals surface area contributed by atoms with E-state index in [1.165, 1.54) is 5.69 Å². The Bertz CT molecular complexity index is 403. The first-order valence-electron chi connectivity index (χ1n) is 5.03. The highest BCUT2D eigenvalue weighted by molar-refractivity contribution is 7.09. The quantitative estimate of drug-likeness (QED) is 0.856. The minimum atomic E-state index is 0.204. The van der Waals surface area contributed by atoms with Gasteiger partial charge in [0.05, 0.1) is 6.54 Å². The molecule has 0 aliphatic rings. The second kappa shape index (κ2) is 4.59. The minimum absolute atomic E-state index is 0.204. The molecule has 3 nitrogen and oxygen atoms in total. The van der Waals surface area contributed by atoms with Crippen LogP contribution in [-0.4, -0.2) is 15.6 Å². The summed E-state index contributed by atoms with van der Waals surface area (Å²) in [4.78, 5) is 4.28. The van der Waals surface area contributed by atoms with E-state index in [0.29, 0.717) is 0 Å². The van der Waals surface area contributed by atoms with Crippen LogP contribution in [0.25, 0.3) is 0 Å². The summed E-state index contributed by atoms with van der Waals surface area (Å²) >= 11 is 1.69. The summed E-state index contributed by atoms with van der Waals surface area (Å²) in [6.45, 7) is 2.88. The first-order chi connectivity index (χ1) is 7.25. The fraction of sp³-hybridized carbons (Fsp3) is 0.364. The van der Waals surface area contributed by atoms with Gasteiger partial charge in [0.15, 0.2) is 0 Å². The van der Waals surface area contributed by atoms with Crippen LogP contribution in [0.3, 0.4) is 0 Å². The van der Waals surface area contributed by atoms with Gasteiger partial charge in [-0.1, -0.05) is 0 Å². The lowest BCUT2D eigenvalue weighted by atomic mass is 10.2. The molecule has 0 saturated carbocycles. The fourth-order valence-electron chi connectivity index (χ4n) is 1.60. The van der Waals surface area contributed by atoms with Crippen LogP contribution in [-0.2, 0) is 13.0 Å². The zero-order valence-electron chi connectivity index (χ0n) is 8.76. The third-order valence-corrected chi connectivity index (χ3v) is 3.01. The van der Waals surface area contributed by atoms with Crippen LogP contribution >= 0.6 is 11.3 Å². The molecule has 2 rings (SSSR count). The Hall–Kier alpha value is -1.13. The van der Waals surface area contributed by atoms with E-state index in [4.69, 9.17) is 5.73 Å². The highest BCUT2D eigenvalue weighted by Crippen LogP contribution is 2.11. The molecule has 2 aromatic rings. The van der Waals surface area contributed by atoms with E-state index in [-0.39, 0.29) is 6.04 Å². The number of hydrogen-bond acceptors (Lipinski definition) is 3. The van der Waals surface area contributed by atoms with Crippen LogP contribution < -0.4 is 5.73 Å². The molecule has 2 heterocycles. The van der Waals surface area contributed by atoms with E-state index in [1.54, 1.807) is 11.3 Å². The molecule has 0 aliphatic carbocycles. The van der Waals surface area contributed by atoms with Crippen LogP contribution in [0.2, 0.25) is 0 Å². The molecular formula is C11H15N3S. The van der Waals surface area contributed by atoms with Gasteiger partial charge in [0, 0.05) is 35.9 Å². The van der Waals surface area contributed by atoms with Gasteiger partial charge in [0.25, 0.3) is 0 Å². The van der Waals surface area contributed by atoms with E-state index in [0.717, 1.165) is 18.0 Å². The van der Waals surface area contributed by atoms with Gasteiger partial charge in [0.2, 0.25) is 0 Å². The summed E-state index contributed by atoms with van der Waals surface area (Å²) in [7, 11) is 0. The van der Waals surface area contributed by atoms with Crippen LogP contribution in [0.15, 0.2) is 29.9 Å². The molecule has 0 amide bonds. The SMILES string of the molecule is CC(N)Cc1cccn1Cc1nccs1. The molecule has 0 fully saturated rings. The highest BCUT2D eigenvalue weighted by atomic mass is 32.1. The molecule has 0 spiro atoms. The standard InChI is InChI=1S/C11H15N3S/c1-9(12)7-10-3-2-5-14(10)8-11-13-4-6-15-11/h2-6,9H,7-8,12H2,1H3. The molecule has 0 saturated heterocycles. The zero-order chi connectivity index (χ0) is 10.7. The monoisotopic (exact) mass is 221 g/mol. The Morgan fingerprint density at radius 3 is 3.13 bits per heavy atom. The van der Waals surface area contributed by atoms with Crippen molar-refractivity contribution in [1.29, 1.82) is 0 Å². The molecule has 0 aliphatic heterocycles. The molecule has 1 atom stereocenters. The summed E-state index contributed by atoms with van der Waals surface area (Å²) in [5, 5.41) is 3.14.